The summed E-state index contributed by atoms with van der Waals surface area (Å²) in [5, 5.41) is 0. The topological polar surface area (TPSA) is 52.1 Å². The molecular weight excluding hydrogens is 192 g/mol. The molecule has 1 rings (SSSR count). The Bertz CT molecular complexity index is 337. The molecule has 1 aromatic heterocycles. The smallest absolute Gasteiger partial charge is 0.216 e. The van der Waals surface area contributed by atoms with Crippen LogP contribution in [0.1, 0.15) is 26.5 Å². The molecule has 0 atom stereocenters. The highest BCUT2D eigenvalue weighted by molar-refractivity contribution is 5.82. The average Bonchev–Trinajstić information content (AvgIpc) is 2.18. The van der Waals surface area contributed by atoms with Crippen molar-refractivity contribution in [1.82, 2.24) is 9.97 Å². The van der Waals surface area contributed by atoms with Crippen molar-refractivity contribution in [1.29, 1.82) is 0 Å². The maximum atomic E-state index is 11.5. The maximum Gasteiger partial charge on any atom is 0.216 e. The van der Waals surface area contributed by atoms with Crippen molar-refractivity contribution in [3.8, 4) is 5.88 Å². The average molecular weight is 208 g/mol. The number of nitrogens with zero attached hydrogens (tertiary/aromatic N) is 2. The van der Waals surface area contributed by atoms with Crippen LogP contribution in [0.2, 0.25) is 0 Å². The SMILES string of the molecule is CCOc1cc(CC(=O)C(C)C)ncn1. The van der Waals surface area contributed by atoms with Gasteiger partial charge >= 0.3 is 0 Å². The van der Waals surface area contributed by atoms with E-state index in [2.05, 4.69) is 9.97 Å². The van der Waals surface area contributed by atoms with Gasteiger partial charge in [0.15, 0.2) is 0 Å². The Morgan fingerprint density at radius 1 is 1.47 bits per heavy atom. The molecule has 0 aliphatic heterocycles. The van der Waals surface area contributed by atoms with Crippen molar-refractivity contribution < 1.29 is 9.53 Å². The van der Waals surface area contributed by atoms with Crippen molar-refractivity contribution in [3.05, 3.63) is 18.1 Å². The van der Waals surface area contributed by atoms with Gasteiger partial charge in [0.25, 0.3) is 0 Å². The number of aromatic nitrogens is 2. The van der Waals surface area contributed by atoms with Gasteiger partial charge in [0.1, 0.15) is 12.1 Å². The standard InChI is InChI=1S/C11H16N2O2/c1-4-15-11-6-9(12-7-13-11)5-10(14)8(2)3/h6-8H,4-5H2,1-3H3. The molecule has 0 radical (unpaired) electrons. The summed E-state index contributed by atoms with van der Waals surface area (Å²) in [5.41, 5.74) is 0.715. The van der Waals surface area contributed by atoms with E-state index in [0.29, 0.717) is 24.6 Å². The van der Waals surface area contributed by atoms with E-state index in [9.17, 15) is 4.79 Å². The van der Waals surface area contributed by atoms with Crippen LogP contribution in [0.4, 0.5) is 0 Å². The highest BCUT2D eigenvalue weighted by Crippen LogP contribution is 2.09. The molecule has 0 saturated carbocycles. The molecule has 15 heavy (non-hydrogen) atoms. The predicted molar refractivity (Wildman–Crippen MR) is 56.8 cm³/mol. The number of ketones is 1. The number of rotatable bonds is 5. The molecule has 0 spiro atoms. The van der Waals surface area contributed by atoms with Gasteiger partial charge in [-0.05, 0) is 6.92 Å². The molecule has 0 aliphatic carbocycles. The lowest BCUT2D eigenvalue weighted by Gasteiger charge is -2.05. The van der Waals surface area contributed by atoms with E-state index in [4.69, 9.17) is 4.74 Å². The highest BCUT2D eigenvalue weighted by atomic mass is 16.5. The van der Waals surface area contributed by atoms with Gasteiger partial charge in [-0.3, -0.25) is 4.79 Å². The first-order valence-corrected chi connectivity index (χ1v) is 5.10. The summed E-state index contributed by atoms with van der Waals surface area (Å²) in [4.78, 5) is 19.4. The lowest BCUT2D eigenvalue weighted by Crippen LogP contribution is -2.11. The number of carbonyl (C=O) groups is 1. The lowest BCUT2D eigenvalue weighted by atomic mass is 10.0. The Hall–Kier alpha value is -1.45. The summed E-state index contributed by atoms with van der Waals surface area (Å²) in [7, 11) is 0. The number of carbonyl (C=O) groups excluding carboxylic acids is 1. The molecule has 0 unspecified atom stereocenters. The van der Waals surface area contributed by atoms with E-state index >= 15 is 0 Å². The zero-order valence-corrected chi connectivity index (χ0v) is 9.36. The largest absolute Gasteiger partial charge is 0.478 e. The van der Waals surface area contributed by atoms with Crippen LogP contribution in [0.5, 0.6) is 5.88 Å². The summed E-state index contributed by atoms with van der Waals surface area (Å²) in [6, 6.07) is 1.71. The van der Waals surface area contributed by atoms with Crippen LogP contribution >= 0.6 is 0 Å². The van der Waals surface area contributed by atoms with Crippen LogP contribution in [0, 0.1) is 5.92 Å². The lowest BCUT2D eigenvalue weighted by molar-refractivity contribution is -0.121. The van der Waals surface area contributed by atoms with E-state index in [-0.39, 0.29) is 11.7 Å². The molecule has 0 N–H and O–H groups in total. The molecule has 4 nitrogen and oxygen atoms in total. The maximum absolute atomic E-state index is 11.5. The summed E-state index contributed by atoms with van der Waals surface area (Å²) >= 11 is 0. The van der Waals surface area contributed by atoms with E-state index in [0.717, 1.165) is 0 Å². The van der Waals surface area contributed by atoms with Gasteiger partial charge in [-0.25, -0.2) is 9.97 Å². The summed E-state index contributed by atoms with van der Waals surface area (Å²) < 4.78 is 5.23. The fraction of sp³-hybridized carbons (Fsp3) is 0.545. The van der Waals surface area contributed by atoms with Crippen LogP contribution in [0.25, 0.3) is 0 Å². The zero-order valence-electron chi connectivity index (χ0n) is 9.36. The van der Waals surface area contributed by atoms with Gasteiger partial charge < -0.3 is 4.74 Å². The van der Waals surface area contributed by atoms with Crippen molar-refractivity contribution in [3.63, 3.8) is 0 Å². The molecule has 0 aromatic carbocycles. The molecule has 0 bridgehead atoms. The minimum atomic E-state index is 0.0375. The zero-order chi connectivity index (χ0) is 11.3. The van der Waals surface area contributed by atoms with Crippen molar-refractivity contribution in [2.75, 3.05) is 6.61 Å². The molecule has 0 saturated heterocycles. The predicted octanol–water partition coefficient (Wildman–Crippen LogP) is 1.64. The van der Waals surface area contributed by atoms with Gasteiger partial charge in [-0.2, -0.15) is 0 Å². The monoisotopic (exact) mass is 208 g/mol. The van der Waals surface area contributed by atoms with E-state index in [1.54, 1.807) is 6.07 Å². The Morgan fingerprint density at radius 3 is 2.80 bits per heavy atom. The van der Waals surface area contributed by atoms with E-state index in [1.165, 1.54) is 6.33 Å². The van der Waals surface area contributed by atoms with Crippen LogP contribution in [-0.4, -0.2) is 22.4 Å². The van der Waals surface area contributed by atoms with E-state index in [1.807, 2.05) is 20.8 Å². The fourth-order valence-corrected chi connectivity index (χ4v) is 1.08. The van der Waals surface area contributed by atoms with Crippen LogP contribution in [0.3, 0.4) is 0 Å². The van der Waals surface area contributed by atoms with Crippen molar-refractivity contribution >= 4 is 5.78 Å². The third-order valence-corrected chi connectivity index (χ3v) is 1.99. The second-order valence-corrected chi connectivity index (χ2v) is 3.58. The first-order valence-electron chi connectivity index (χ1n) is 5.10. The van der Waals surface area contributed by atoms with Crippen molar-refractivity contribution in [2.24, 2.45) is 5.92 Å². The normalized spacial score (nSPS) is 10.4. The first-order chi connectivity index (χ1) is 7.13. The summed E-state index contributed by atoms with van der Waals surface area (Å²) in [6.45, 7) is 6.22. The molecule has 1 aromatic rings. The quantitative estimate of drug-likeness (QED) is 0.738. The van der Waals surface area contributed by atoms with Crippen LogP contribution < -0.4 is 4.74 Å². The fourth-order valence-electron chi connectivity index (χ4n) is 1.08. The minimum Gasteiger partial charge on any atom is -0.478 e. The molecular formula is C11H16N2O2. The van der Waals surface area contributed by atoms with Gasteiger partial charge in [0.2, 0.25) is 5.88 Å². The number of hydrogen-bond acceptors (Lipinski definition) is 4. The van der Waals surface area contributed by atoms with Gasteiger partial charge in [0.05, 0.1) is 12.3 Å². The Balaban J connectivity index is 2.69. The third kappa shape index (κ3) is 3.65. The second-order valence-electron chi connectivity index (χ2n) is 3.58. The second kappa shape index (κ2) is 5.44. The molecule has 0 fully saturated rings. The molecule has 1 heterocycles. The minimum absolute atomic E-state index is 0.0375. The number of ether oxygens (including phenoxy) is 1. The third-order valence-electron chi connectivity index (χ3n) is 1.99. The summed E-state index contributed by atoms with van der Waals surface area (Å²) in [6.07, 6.45) is 1.77. The molecule has 0 amide bonds. The van der Waals surface area contributed by atoms with Crippen molar-refractivity contribution in [2.45, 2.75) is 27.2 Å². The van der Waals surface area contributed by atoms with Gasteiger partial charge in [-0.1, -0.05) is 13.8 Å². The van der Waals surface area contributed by atoms with Gasteiger partial charge in [-0.15, -0.1) is 0 Å². The Labute approximate surface area is 89.7 Å². The molecule has 4 heteroatoms. The Morgan fingerprint density at radius 2 is 2.20 bits per heavy atom. The van der Waals surface area contributed by atoms with Crippen LogP contribution in [-0.2, 0) is 11.2 Å². The van der Waals surface area contributed by atoms with Gasteiger partial charge in [0, 0.05) is 18.4 Å². The van der Waals surface area contributed by atoms with E-state index < -0.39 is 0 Å². The number of Topliss-reactive ketones (excluding diaryl/α,β-unsaturated/α-hetero) is 1. The number of hydrogen-bond donors (Lipinski definition) is 0. The Kier molecular flexibility index (Phi) is 4.21. The molecule has 82 valence electrons. The van der Waals surface area contributed by atoms with Crippen LogP contribution in [0.15, 0.2) is 12.4 Å². The summed E-state index contributed by atoms with van der Waals surface area (Å²) in [5.74, 6) is 0.741. The first kappa shape index (κ1) is 11.6. The molecule has 0 aliphatic rings. The highest BCUT2D eigenvalue weighted by Gasteiger charge is 2.09.